The summed E-state index contributed by atoms with van der Waals surface area (Å²) in [4.78, 5) is 6.31. The van der Waals surface area contributed by atoms with E-state index in [1.807, 2.05) is 22.9 Å². The standard InChI is InChI=1S/C13H16BrClN4/c14-4-5-18(6-7-19-11-16-10-17-19)9-12-2-1-3-13(15)8-12/h1-3,8,10-11H,4-7,9H2. The van der Waals surface area contributed by atoms with Gasteiger partial charge in [-0.3, -0.25) is 9.58 Å². The fraction of sp³-hybridized carbons (Fsp3) is 0.385. The SMILES string of the molecule is Clc1cccc(CN(CCBr)CCn2cncn2)c1. The summed E-state index contributed by atoms with van der Waals surface area (Å²) >= 11 is 9.51. The van der Waals surface area contributed by atoms with Gasteiger partial charge in [-0.05, 0) is 17.7 Å². The van der Waals surface area contributed by atoms with Gasteiger partial charge in [-0.25, -0.2) is 4.98 Å². The molecule has 0 amide bonds. The molecule has 0 spiro atoms. The average molecular weight is 344 g/mol. The number of benzene rings is 1. The summed E-state index contributed by atoms with van der Waals surface area (Å²) in [6, 6.07) is 8.00. The van der Waals surface area contributed by atoms with E-state index in [9.17, 15) is 0 Å². The highest BCUT2D eigenvalue weighted by molar-refractivity contribution is 9.09. The van der Waals surface area contributed by atoms with Crippen LogP contribution in [-0.2, 0) is 13.1 Å². The maximum atomic E-state index is 6.01. The second-order valence-electron chi connectivity index (χ2n) is 4.25. The molecule has 0 radical (unpaired) electrons. The summed E-state index contributed by atoms with van der Waals surface area (Å²) in [5, 5.41) is 5.85. The van der Waals surface area contributed by atoms with Crippen molar-refractivity contribution in [3.05, 3.63) is 47.5 Å². The van der Waals surface area contributed by atoms with Gasteiger partial charge in [0.25, 0.3) is 0 Å². The molecule has 19 heavy (non-hydrogen) atoms. The van der Waals surface area contributed by atoms with Crippen molar-refractivity contribution < 1.29 is 0 Å². The molecule has 1 heterocycles. The molecule has 0 saturated carbocycles. The van der Waals surface area contributed by atoms with Gasteiger partial charge in [0.05, 0.1) is 6.54 Å². The smallest absolute Gasteiger partial charge is 0.137 e. The van der Waals surface area contributed by atoms with E-state index in [-0.39, 0.29) is 0 Å². The van der Waals surface area contributed by atoms with E-state index in [1.165, 1.54) is 5.56 Å². The lowest BCUT2D eigenvalue weighted by molar-refractivity contribution is 0.266. The molecule has 4 nitrogen and oxygen atoms in total. The third-order valence-electron chi connectivity index (χ3n) is 2.81. The molecule has 0 atom stereocenters. The Morgan fingerprint density at radius 3 is 2.89 bits per heavy atom. The highest BCUT2D eigenvalue weighted by Crippen LogP contribution is 2.12. The molecule has 6 heteroatoms. The van der Waals surface area contributed by atoms with Gasteiger partial charge in [0.2, 0.25) is 0 Å². The van der Waals surface area contributed by atoms with Crippen molar-refractivity contribution in [2.24, 2.45) is 0 Å². The molecule has 0 saturated heterocycles. The van der Waals surface area contributed by atoms with E-state index < -0.39 is 0 Å². The van der Waals surface area contributed by atoms with Crippen LogP contribution in [0.4, 0.5) is 0 Å². The first-order chi connectivity index (χ1) is 9.28. The third kappa shape index (κ3) is 4.93. The molecular formula is C13H16BrClN4. The zero-order chi connectivity index (χ0) is 13.5. The minimum atomic E-state index is 0.785. The van der Waals surface area contributed by atoms with Crippen LogP contribution in [-0.4, -0.2) is 38.1 Å². The Morgan fingerprint density at radius 1 is 1.32 bits per heavy atom. The summed E-state index contributed by atoms with van der Waals surface area (Å²) < 4.78 is 1.85. The predicted octanol–water partition coefficient (Wildman–Crippen LogP) is 2.83. The Bertz CT molecular complexity index is 489. The number of halogens is 2. The fourth-order valence-corrected chi connectivity index (χ4v) is 2.59. The molecule has 1 aromatic heterocycles. The van der Waals surface area contributed by atoms with Gasteiger partial charge in [-0.1, -0.05) is 39.7 Å². The lowest BCUT2D eigenvalue weighted by Gasteiger charge is -2.21. The van der Waals surface area contributed by atoms with Gasteiger partial charge < -0.3 is 0 Å². The normalized spacial score (nSPS) is 11.1. The van der Waals surface area contributed by atoms with Crippen LogP contribution < -0.4 is 0 Å². The largest absolute Gasteiger partial charge is 0.296 e. The maximum Gasteiger partial charge on any atom is 0.137 e. The zero-order valence-corrected chi connectivity index (χ0v) is 12.9. The van der Waals surface area contributed by atoms with E-state index in [0.29, 0.717) is 0 Å². The highest BCUT2D eigenvalue weighted by atomic mass is 79.9. The highest BCUT2D eigenvalue weighted by Gasteiger charge is 2.06. The monoisotopic (exact) mass is 342 g/mol. The fourth-order valence-electron chi connectivity index (χ4n) is 1.88. The number of rotatable bonds is 7. The molecule has 102 valence electrons. The molecular weight excluding hydrogens is 328 g/mol. The Labute approximate surface area is 126 Å². The summed E-state index contributed by atoms with van der Waals surface area (Å²) in [5.74, 6) is 0. The van der Waals surface area contributed by atoms with Gasteiger partial charge in [0.1, 0.15) is 12.7 Å². The first kappa shape index (κ1) is 14.5. The minimum Gasteiger partial charge on any atom is -0.296 e. The second-order valence-corrected chi connectivity index (χ2v) is 5.48. The second kappa shape index (κ2) is 7.62. The first-order valence-corrected chi connectivity index (χ1v) is 7.63. The Balaban J connectivity index is 1.91. The molecule has 0 N–H and O–H groups in total. The van der Waals surface area contributed by atoms with Crippen LogP contribution in [0.3, 0.4) is 0 Å². The third-order valence-corrected chi connectivity index (χ3v) is 3.40. The Hall–Kier alpha value is -0.910. The van der Waals surface area contributed by atoms with Gasteiger partial charge in [-0.15, -0.1) is 0 Å². The van der Waals surface area contributed by atoms with Crippen molar-refractivity contribution >= 4 is 27.5 Å². The van der Waals surface area contributed by atoms with E-state index in [2.05, 4.69) is 37.0 Å². The molecule has 0 fully saturated rings. The topological polar surface area (TPSA) is 34.0 Å². The van der Waals surface area contributed by atoms with E-state index in [1.54, 1.807) is 12.7 Å². The van der Waals surface area contributed by atoms with E-state index in [4.69, 9.17) is 11.6 Å². The molecule has 0 aliphatic heterocycles. The van der Waals surface area contributed by atoms with Gasteiger partial charge in [0.15, 0.2) is 0 Å². The maximum absolute atomic E-state index is 6.01. The lowest BCUT2D eigenvalue weighted by atomic mass is 10.2. The van der Waals surface area contributed by atoms with Crippen LogP contribution in [0.25, 0.3) is 0 Å². The predicted molar refractivity (Wildman–Crippen MR) is 80.5 cm³/mol. The Morgan fingerprint density at radius 2 is 2.21 bits per heavy atom. The van der Waals surface area contributed by atoms with Crippen molar-refractivity contribution in [2.75, 3.05) is 18.4 Å². The van der Waals surface area contributed by atoms with Gasteiger partial charge >= 0.3 is 0 Å². The quantitative estimate of drug-likeness (QED) is 0.725. The number of nitrogens with zero attached hydrogens (tertiary/aromatic N) is 4. The van der Waals surface area contributed by atoms with Crippen molar-refractivity contribution in [3.8, 4) is 0 Å². The van der Waals surface area contributed by atoms with Crippen LogP contribution in [0.2, 0.25) is 5.02 Å². The number of aromatic nitrogens is 3. The first-order valence-electron chi connectivity index (χ1n) is 6.13. The molecule has 1 aromatic carbocycles. The molecule has 2 rings (SSSR count). The molecule has 0 unspecified atom stereocenters. The lowest BCUT2D eigenvalue weighted by Crippen LogP contribution is -2.29. The Kier molecular flexibility index (Phi) is 5.82. The number of hydrogen-bond donors (Lipinski definition) is 0. The van der Waals surface area contributed by atoms with Crippen LogP contribution in [0, 0.1) is 0 Å². The van der Waals surface area contributed by atoms with Crippen molar-refractivity contribution in [1.29, 1.82) is 0 Å². The van der Waals surface area contributed by atoms with Gasteiger partial charge in [-0.2, -0.15) is 5.10 Å². The van der Waals surface area contributed by atoms with E-state index in [0.717, 1.165) is 36.5 Å². The average Bonchev–Trinajstić information content (AvgIpc) is 2.89. The summed E-state index contributed by atoms with van der Waals surface area (Å²) in [6.45, 7) is 3.65. The molecule has 2 aromatic rings. The van der Waals surface area contributed by atoms with Crippen molar-refractivity contribution in [2.45, 2.75) is 13.1 Å². The van der Waals surface area contributed by atoms with Crippen molar-refractivity contribution in [3.63, 3.8) is 0 Å². The number of hydrogen-bond acceptors (Lipinski definition) is 3. The zero-order valence-electron chi connectivity index (χ0n) is 10.5. The molecule has 0 aliphatic carbocycles. The summed E-state index contributed by atoms with van der Waals surface area (Å²) in [7, 11) is 0. The summed E-state index contributed by atoms with van der Waals surface area (Å²) in [6.07, 6.45) is 3.30. The van der Waals surface area contributed by atoms with Crippen LogP contribution in [0.1, 0.15) is 5.56 Å². The van der Waals surface area contributed by atoms with Crippen LogP contribution in [0.5, 0.6) is 0 Å². The molecule has 0 aliphatic rings. The van der Waals surface area contributed by atoms with Crippen LogP contribution in [0.15, 0.2) is 36.9 Å². The number of alkyl halides is 1. The van der Waals surface area contributed by atoms with E-state index >= 15 is 0 Å². The van der Waals surface area contributed by atoms with Crippen LogP contribution >= 0.6 is 27.5 Å². The summed E-state index contributed by atoms with van der Waals surface area (Å²) in [5.41, 5.74) is 1.23. The van der Waals surface area contributed by atoms with Crippen molar-refractivity contribution in [1.82, 2.24) is 19.7 Å². The van der Waals surface area contributed by atoms with Gasteiger partial charge in [0, 0.05) is 30.0 Å². The molecule has 0 bridgehead atoms. The minimum absolute atomic E-state index is 0.785.